The van der Waals surface area contributed by atoms with Crippen molar-refractivity contribution in [2.75, 3.05) is 6.54 Å². The van der Waals surface area contributed by atoms with Crippen molar-refractivity contribution in [1.82, 2.24) is 15.5 Å². The topological polar surface area (TPSA) is 87.7 Å². The third-order valence-electron chi connectivity index (χ3n) is 6.27. The molecule has 36 heavy (non-hydrogen) atoms. The molecular formula is C29H49N3O4. The molecule has 0 radical (unpaired) electrons. The van der Waals surface area contributed by atoms with Crippen LogP contribution in [0.1, 0.15) is 105 Å². The largest absolute Gasteiger partial charge is 0.444 e. The van der Waals surface area contributed by atoms with Gasteiger partial charge in [-0.3, -0.25) is 9.59 Å². The van der Waals surface area contributed by atoms with Gasteiger partial charge in [0.25, 0.3) is 0 Å². The quantitative estimate of drug-likeness (QED) is 0.358. The summed E-state index contributed by atoms with van der Waals surface area (Å²) in [7, 11) is 0. The Morgan fingerprint density at radius 3 is 2.03 bits per heavy atom. The van der Waals surface area contributed by atoms with E-state index < -0.39 is 23.8 Å². The van der Waals surface area contributed by atoms with E-state index in [1.54, 1.807) is 25.7 Å². The Hall–Kier alpha value is -2.57. The highest BCUT2D eigenvalue weighted by molar-refractivity contribution is 5.92. The zero-order valence-electron chi connectivity index (χ0n) is 23.9. The third kappa shape index (κ3) is 9.82. The molecule has 1 rings (SSSR count). The zero-order chi connectivity index (χ0) is 27.5. The zero-order valence-corrected chi connectivity index (χ0v) is 23.9. The minimum Gasteiger partial charge on any atom is -0.444 e. The molecular weight excluding hydrogens is 454 g/mol. The highest BCUT2D eigenvalue weighted by Gasteiger charge is 2.38. The van der Waals surface area contributed by atoms with E-state index in [0.29, 0.717) is 19.4 Å². The van der Waals surface area contributed by atoms with Crippen molar-refractivity contribution in [2.24, 2.45) is 5.92 Å². The van der Waals surface area contributed by atoms with Crippen LogP contribution in [0, 0.1) is 5.92 Å². The van der Waals surface area contributed by atoms with Crippen LogP contribution in [0.4, 0.5) is 4.79 Å². The Bertz CT molecular complexity index is 832. The van der Waals surface area contributed by atoms with Gasteiger partial charge in [-0.2, -0.15) is 0 Å². The van der Waals surface area contributed by atoms with Gasteiger partial charge in [0, 0.05) is 12.6 Å². The van der Waals surface area contributed by atoms with Crippen LogP contribution in [0.2, 0.25) is 0 Å². The number of nitrogens with zero attached hydrogens (tertiary/aromatic N) is 1. The lowest BCUT2D eigenvalue weighted by molar-refractivity contribution is -0.143. The van der Waals surface area contributed by atoms with E-state index in [1.165, 1.54) is 0 Å². The van der Waals surface area contributed by atoms with Gasteiger partial charge in [-0.05, 0) is 64.0 Å². The van der Waals surface area contributed by atoms with Crippen molar-refractivity contribution in [3.8, 4) is 0 Å². The number of aryl methyl sites for hydroxylation is 1. The van der Waals surface area contributed by atoms with Crippen LogP contribution in [-0.2, 0) is 20.7 Å². The lowest BCUT2D eigenvalue weighted by Crippen LogP contribution is -2.55. The molecule has 0 fully saturated rings. The van der Waals surface area contributed by atoms with Crippen molar-refractivity contribution in [2.45, 2.75) is 118 Å². The van der Waals surface area contributed by atoms with E-state index in [2.05, 4.69) is 24.5 Å². The molecule has 0 aliphatic heterocycles. The fourth-order valence-corrected chi connectivity index (χ4v) is 4.14. The molecule has 0 saturated carbocycles. The van der Waals surface area contributed by atoms with Crippen molar-refractivity contribution in [3.63, 3.8) is 0 Å². The van der Waals surface area contributed by atoms with Crippen LogP contribution < -0.4 is 10.6 Å². The molecule has 1 aromatic rings. The second-order valence-electron chi connectivity index (χ2n) is 10.7. The summed E-state index contributed by atoms with van der Waals surface area (Å²) in [6.45, 7) is 17.8. The molecule has 7 heteroatoms. The molecule has 0 aromatic heterocycles. The lowest BCUT2D eigenvalue weighted by Gasteiger charge is -2.36. The first-order chi connectivity index (χ1) is 16.9. The third-order valence-corrected chi connectivity index (χ3v) is 6.27. The standard InChI is InChI=1S/C29H49N3O4/c1-10-14-21(6)30-26(33)25(23-17-15-22(13-4)16-18-23)32(19-11-2)27(34)24(20(5)12-3)31-28(35)36-29(7,8)9/h15-18,20-21,24-25H,10-14,19H2,1-9H3,(H,30,33)(H,31,35). The number of amides is 3. The molecule has 0 aliphatic rings. The van der Waals surface area contributed by atoms with Crippen LogP contribution >= 0.6 is 0 Å². The minimum atomic E-state index is -0.810. The van der Waals surface area contributed by atoms with Crippen LogP contribution in [0.3, 0.4) is 0 Å². The van der Waals surface area contributed by atoms with Crippen LogP contribution in [-0.4, -0.2) is 47.0 Å². The molecule has 3 amide bonds. The first-order valence-corrected chi connectivity index (χ1v) is 13.6. The van der Waals surface area contributed by atoms with Gasteiger partial charge >= 0.3 is 6.09 Å². The lowest BCUT2D eigenvalue weighted by atomic mass is 9.95. The average Bonchev–Trinajstić information content (AvgIpc) is 2.80. The maximum atomic E-state index is 14.1. The van der Waals surface area contributed by atoms with E-state index in [9.17, 15) is 14.4 Å². The first kappa shape index (κ1) is 31.5. The highest BCUT2D eigenvalue weighted by atomic mass is 16.6. The second-order valence-corrected chi connectivity index (χ2v) is 10.7. The number of ether oxygens (including phenoxy) is 1. The predicted octanol–water partition coefficient (Wildman–Crippen LogP) is 5.77. The minimum absolute atomic E-state index is 0.0104. The molecule has 1 aromatic carbocycles. The Labute approximate surface area is 218 Å². The van der Waals surface area contributed by atoms with E-state index in [4.69, 9.17) is 4.74 Å². The summed E-state index contributed by atoms with van der Waals surface area (Å²) in [4.78, 5) is 42.0. The number of benzene rings is 1. The molecule has 0 heterocycles. The van der Waals surface area contributed by atoms with Crippen LogP contribution in [0.25, 0.3) is 0 Å². The maximum absolute atomic E-state index is 14.1. The van der Waals surface area contributed by atoms with Gasteiger partial charge in [0.2, 0.25) is 11.8 Å². The smallest absolute Gasteiger partial charge is 0.408 e. The normalized spacial score (nSPS) is 14.8. The van der Waals surface area contributed by atoms with Crippen LogP contribution in [0.5, 0.6) is 0 Å². The van der Waals surface area contributed by atoms with Crippen molar-refractivity contribution >= 4 is 17.9 Å². The van der Waals surface area contributed by atoms with Gasteiger partial charge in [0.05, 0.1) is 0 Å². The molecule has 2 N–H and O–H groups in total. The molecule has 4 unspecified atom stereocenters. The van der Waals surface area contributed by atoms with Gasteiger partial charge in [-0.15, -0.1) is 0 Å². The Morgan fingerprint density at radius 2 is 1.56 bits per heavy atom. The summed E-state index contributed by atoms with van der Waals surface area (Å²) in [5, 5.41) is 5.91. The number of nitrogens with one attached hydrogen (secondary N) is 2. The Morgan fingerprint density at radius 1 is 0.944 bits per heavy atom. The molecule has 4 atom stereocenters. The number of carbonyl (C=O) groups is 3. The number of hydrogen-bond acceptors (Lipinski definition) is 4. The van der Waals surface area contributed by atoms with Gasteiger partial charge in [-0.1, -0.05) is 71.7 Å². The molecule has 7 nitrogen and oxygen atoms in total. The van der Waals surface area contributed by atoms with E-state index in [0.717, 1.165) is 30.4 Å². The van der Waals surface area contributed by atoms with Gasteiger partial charge in [0.1, 0.15) is 17.7 Å². The van der Waals surface area contributed by atoms with Crippen molar-refractivity contribution in [3.05, 3.63) is 35.4 Å². The molecule has 0 spiro atoms. The first-order valence-electron chi connectivity index (χ1n) is 13.6. The summed E-state index contributed by atoms with van der Waals surface area (Å²) in [6, 6.07) is 6.26. The number of hydrogen-bond donors (Lipinski definition) is 2. The van der Waals surface area contributed by atoms with Gasteiger partial charge in [0.15, 0.2) is 0 Å². The predicted molar refractivity (Wildman–Crippen MR) is 146 cm³/mol. The Kier molecular flexibility index (Phi) is 13.0. The summed E-state index contributed by atoms with van der Waals surface area (Å²) in [6.07, 6.45) is 3.41. The van der Waals surface area contributed by atoms with Gasteiger partial charge in [-0.25, -0.2) is 4.79 Å². The molecule has 204 valence electrons. The molecule has 0 saturated heterocycles. The SMILES string of the molecule is CCCC(C)NC(=O)C(c1ccc(CC)cc1)N(CCC)C(=O)C(NC(=O)OC(C)(C)C)C(C)CC. The van der Waals surface area contributed by atoms with E-state index in [1.807, 2.05) is 52.0 Å². The fourth-order valence-electron chi connectivity index (χ4n) is 4.14. The molecule has 0 bridgehead atoms. The maximum Gasteiger partial charge on any atom is 0.408 e. The van der Waals surface area contributed by atoms with E-state index in [-0.39, 0.29) is 23.8 Å². The Balaban J connectivity index is 3.46. The summed E-state index contributed by atoms with van der Waals surface area (Å²) >= 11 is 0. The average molecular weight is 504 g/mol. The summed E-state index contributed by atoms with van der Waals surface area (Å²) in [5.74, 6) is -0.628. The van der Waals surface area contributed by atoms with Crippen LogP contribution in [0.15, 0.2) is 24.3 Å². The summed E-state index contributed by atoms with van der Waals surface area (Å²) < 4.78 is 5.45. The molecule has 0 aliphatic carbocycles. The fraction of sp³-hybridized carbons (Fsp3) is 0.690. The number of alkyl carbamates (subject to hydrolysis) is 1. The summed E-state index contributed by atoms with van der Waals surface area (Å²) in [5.41, 5.74) is 1.24. The van der Waals surface area contributed by atoms with E-state index >= 15 is 0 Å². The number of rotatable bonds is 13. The second kappa shape index (κ2) is 14.9. The van der Waals surface area contributed by atoms with Gasteiger partial charge < -0.3 is 20.3 Å². The number of carbonyl (C=O) groups excluding carboxylic acids is 3. The van der Waals surface area contributed by atoms with Crippen molar-refractivity contribution < 1.29 is 19.1 Å². The monoisotopic (exact) mass is 503 g/mol. The highest BCUT2D eigenvalue weighted by Crippen LogP contribution is 2.26. The van der Waals surface area contributed by atoms with Crippen molar-refractivity contribution in [1.29, 1.82) is 0 Å².